The van der Waals surface area contributed by atoms with Crippen LogP contribution >= 0.6 is 15.9 Å². The van der Waals surface area contributed by atoms with Crippen LogP contribution in [0.15, 0.2) is 9.22 Å². The summed E-state index contributed by atoms with van der Waals surface area (Å²) in [6, 6.07) is 0.691. The molecule has 3 rings (SSSR count). The number of rotatable bonds is 2. The number of oxazole rings is 1. The standard InChI is InChI=1S/C13H19BrN2O/c1-2-5-16-6-3-4-9-7-10-12(8-11(9)16)17-13(14)15-10/h9,11H,2-8H2,1H3. The van der Waals surface area contributed by atoms with Crippen LogP contribution in [-0.4, -0.2) is 29.0 Å². The largest absolute Gasteiger partial charge is 0.436 e. The Labute approximate surface area is 111 Å². The number of hydrogen-bond donors (Lipinski definition) is 0. The van der Waals surface area contributed by atoms with E-state index in [1.807, 2.05) is 0 Å². The van der Waals surface area contributed by atoms with E-state index < -0.39 is 0 Å². The van der Waals surface area contributed by atoms with Crippen molar-refractivity contribution in [2.24, 2.45) is 5.92 Å². The van der Waals surface area contributed by atoms with Crippen LogP contribution in [0.4, 0.5) is 0 Å². The summed E-state index contributed by atoms with van der Waals surface area (Å²) in [5, 5.41) is 0. The molecular weight excluding hydrogens is 280 g/mol. The fraction of sp³-hybridized carbons (Fsp3) is 0.769. The molecule has 1 saturated heterocycles. The maximum Gasteiger partial charge on any atom is 0.264 e. The van der Waals surface area contributed by atoms with Gasteiger partial charge >= 0.3 is 0 Å². The number of fused-ring (bicyclic) bond motifs is 2. The molecule has 0 radical (unpaired) electrons. The van der Waals surface area contributed by atoms with Crippen molar-refractivity contribution in [3.63, 3.8) is 0 Å². The van der Waals surface area contributed by atoms with Gasteiger partial charge in [-0.15, -0.1) is 0 Å². The van der Waals surface area contributed by atoms with Gasteiger partial charge in [-0.05, 0) is 44.7 Å². The van der Waals surface area contributed by atoms with Crippen LogP contribution in [0.2, 0.25) is 0 Å². The Morgan fingerprint density at radius 1 is 1.47 bits per heavy atom. The Morgan fingerprint density at radius 2 is 2.35 bits per heavy atom. The Hall–Kier alpha value is -0.350. The number of nitrogens with zero attached hydrogens (tertiary/aromatic N) is 2. The molecule has 2 unspecified atom stereocenters. The van der Waals surface area contributed by atoms with Gasteiger partial charge in [0.15, 0.2) is 0 Å². The van der Waals surface area contributed by atoms with Gasteiger partial charge in [-0.3, -0.25) is 4.90 Å². The summed E-state index contributed by atoms with van der Waals surface area (Å²) in [5.41, 5.74) is 1.19. The SMILES string of the molecule is CCCN1CCCC2Cc3nc(Br)oc3CC21. The van der Waals surface area contributed by atoms with Crippen molar-refractivity contribution in [3.8, 4) is 0 Å². The molecule has 2 atom stereocenters. The Bertz CT molecular complexity index is 402. The minimum Gasteiger partial charge on any atom is -0.436 e. The summed E-state index contributed by atoms with van der Waals surface area (Å²) in [5.74, 6) is 1.90. The third kappa shape index (κ3) is 2.17. The summed E-state index contributed by atoms with van der Waals surface area (Å²) >= 11 is 3.35. The topological polar surface area (TPSA) is 29.3 Å². The van der Waals surface area contributed by atoms with Crippen molar-refractivity contribution in [3.05, 3.63) is 16.3 Å². The molecule has 2 heterocycles. The van der Waals surface area contributed by atoms with Gasteiger partial charge in [0.05, 0.1) is 5.69 Å². The molecule has 1 aromatic heterocycles. The quantitative estimate of drug-likeness (QED) is 0.840. The van der Waals surface area contributed by atoms with Gasteiger partial charge in [0.2, 0.25) is 0 Å². The molecule has 94 valence electrons. The molecule has 1 aliphatic carbocycles. The van der Waals surface area contributed by atoms with E-state index in [4.69, 9.17) is 4.42 Å². The molecule has 0 amide bonds. The van der Waals surface area contributed by atoms with E-state index in [0.29, 0.717) is 10.8 Å². The van der Waals surface area contributed by atoms with Crippen LogP contribution in [-0.2, 0) is 12.8 Å². The molecule has 2 aliphatic rings. The number of piperidine rings is 1. The van der Waals surface area contributed by atoms with E-state index in [2.05, 4.69) is 32.7 Å². The van der Waals surface area contributed by atoms with Gasteiger partial charge in [-0.1, -0.05) is 6.92 Å². The summed E-state index contributed by atoms with van der Waals surface area (Å²) < 4.78 is 5.66. The summed E-state index contributed by atoms with van der Waals surface area (Å²) in [6.45, 7) is 4.76. The molecule has 0 aromatic carbocycles. The van der Waals surface area contributed by atoms with E-state index >= 15 is 0 Å². The monoisotopic (exact) mass is 298 g/mol. The first-order chi connectivity index (χ1) is 8.28. The summed E-state index contributed by atoms with van der Waals surface area (Å²) in [7, 11) is 0. The fourth-order valence-corrected chi connectivity index (χ4v) is 3.83. The number of hydrogen-bond acceptors (Lipinski definition) is 3. The third-order valence-electron chi connectivity index (χ3n) is 4.15. The van der Waals surface area contributed by atoms with Crippen LogP contribution in [0.1, 0.15) is 37.6 Å². The predicted molar refractivity (Wildman–Crippen MR) is 70.0 cm³/mol. The van der Waals surface area contributed by atoms with E-state index in [1.54, 1.807) is 0 Å². The van der Waals surface area contributed by atoms with E-state index in [9.17, 15) is 0 Å². The summed E-state index contributed by atoms with van der Waals surface area (Å²) in [4.78, 5) is 7.76. The molecule has 1 fully saturated rings. The lowest BCUT2D eigenvalue weighted by Gasteiger charge is -2.43. The maximum atomic E-state index is 5.66. The van der Waals surface area contributed by atoms with Gasteiger partial charge in [-0.2, -0.15) is 0 Å². The molecule has 1 aromatic rings. The molecule has 17 heavy (non-hydrogen) atoms. The predicted octanol–water partition coefficient (Wildman–Crippen LogP) is 3.03. The first-order valence-electron chi connectivity index (χ1n) is 6.66. The number of halogens is 1. The van der Waals surface area contributed by atoms with Gasteiger partial charge in [0.1, 0.15) is 5.76 Å². The van der Waals surface area contributed by atoms with Crippen molar-refractivity contribution in [1.82, 2.24) is 9.88 Å². The number of likely N-dealkylation sites (tertiary alicyclic amines) is 1. The molecule has 1 aliphatic heterocycles. The minimum absolute atomic E-state index is 0.656. The van der Waals surface area contributed by atoms with E-state index in [0.717, 1.165) is 24.5 Å². The second-order valence-electron chi connectivity index (χ2n) is 5.25. The Morgan fingerprint density at radius 3 is 3.18 bits per heavy atom. The number of aromatic nitrogens is 1. The highest BCUT2D eigenvalue weighted by Gasteiger charge is 2.37. The van der Waals surface area contributed by atoms with Crippen LogP contribution < -0.4 is 0 Å². The lowest BCUT2D eigenvalue weighted by molar-refractivity contribution is 0.0797. The normalized spacial score (nSPS) is 28.8. The van der Waals surface area contributed by atoms with Crippen molar-refractivity contribution >= 4 is 15.9 Å². The van der Waals surface area contributed by atoms with E-state index in [-0.39, 0.29) is 0 Å². The van der Waals surface area contributed by atoms with Crippen LogP contribution in [0.5, 0.6) is 0 Å². The zero-order valence-corrected chi connectivity index (χ0v) is 11.9. The second kappa shape index (κ2) is 4.73. The van der Waals surface area contributed by atoms with Crippen LogP contribution in [0, 0.1) is 5.92 Å². The third-order valence-corrected chi connectivity index (χ3v) is 4.49. The fourth-order valence-electron chi connectivity index (χ4n) is 3.42. The second-order valence-corrected chi connectivity index (χ2v) is 5.93. The lowest BCUT2D eigenvalue weighted by Crippen LogP contribution is -2.49. The van der Waals surface area contributed by atoms with Crippen molar-refractivity contribution < 1.29 is 4.42 Å². The van der Waals surface area contributed by atoms with Crippen molar-refractivity contribution in [2.75, 3.05) is 13.1 Å². The highest BCUT2D eigenvalue weighted by atomic mass is 79.9. The molecule has 0 N–H and O–H groups in total. The first-order valence-corrected chi connectivity index (χ1v) is 7.45. The van der Waals surface area contributed by atoms with Crippen LogP contribution in [0.3, 0.4) is 0 Å². The van der Waals surface area contributed by atoms with Gasteiger partial charge in [0, 0.05) is 28.4 Å². The van der Waals surface area contributed by atoms with Crippen LogP contribution in [0.25, 0.3) is 0 Å². The van der Waals surface area contributed by atoms with Gasteiger partial charge in [-0.25, -0.2) is 4.98 Å². The highest BCUT2D eigenvalue weighted by molar-refractivity contribution is 9.10. The first kappa shape index (κ1) is 11.7. The molecule has 0 bridgehead atoms. The molecule has 0 spiro atoms. The molecule has 0 saturated carbocycles. The minimum atomic E-state index is 0.656. The lowest BCUT2D eigenvalue weighted by atomic mass is 9.79. The van der Waals surface area contributed by atoms with Crippen molar-refractivity contribution in [2.45, 2.75) is 45.1 Å². The van der Waals surface area contributed by atoms with Gasteiger partial charge in [0.25, 0.3) is 4.80 Å². The molecule has 4 heteroatoms. The molecule has 3 nitrogen and oxygen atoms in total. The van der Waals surface area contributed by atoms with Crippen molar-refractivity contribution in [1.29, 1.82) is 0 Å². The zero-order valence-electron chi connectivity index (χ0n) is 10.3. The maximum absolute atomic E-state index is 5.66. The zero-order chi connectivity index (χ0) is 11.8. The molecular formula is C13H19BrN2O. The summed E-state index contributed by atoms with van der Waals surface area (Å²) in [6.07, 6.45) is 6.11. The average molecular weight is 299 g/mol. The highest BCUT2D eigenvalue weighted by Crippen LogP contribution is 2.35. The van der Waals surface area contributed by atoms with E-state index in [1.165, 1.54) is 38.0 Å². The van der Waals surface area contributed by atoms with Gasteiger partial charge < -0.3 is 4.42 Å². The Balaban J connectivity index is 1.83. The smallest absolute Gasteiger partial charge is 0.264 e. The Kier molecular flexibility index (Phi) is 3.26. The average Bonchev–Trinajstić information content (AvgIpc) is 2.66.